The van der Waals surface area contributed by atoms with Crippen LogP contribution in [-0.4, -0.2) is 25.6 Å². The number of benzene rings is 1. The van der Waals surface area contributed by atoms with Crippen molar-refractivity contribution in [3.63, 3.8) is 0 Å². The van der Waals surface area contributed by atoms with Gasteiger partial charge in [-0.15, -0.1) is 11.8 Å². The zero-order chi connectivity index (χ0) is 12.5. The molecule has 0 saturated carbocycles. The van der Waals surface area contributed by atoms with Crippen LogP contribution in [0.4, 0.5) is 0 Å². The van der Waals surface area contributed by atoms with E-state index < -0.39 is 0 Å². The average Bonchev–Trinajstić information content (AvgIpc) is 2.35. The number of nitriles is 1. The van der Waals surface area contributed by atoms with Gasteiger partial charge >= 0.3 is 0 Å². The van der Waals surface area contributed by atoms with Crippen LogP contribution < -0.4 is 4.74 Å². The SMILES string of the molecule is CCOCCOc1cccc(SCC)c1C#N. The normalized spacial score (nSPS) is 9.94. The first-order valence-corrected chi connectivity index (χ1v) is 6.68. The molecule has 0 spiro atoms. The summed E-state index contributed by atoms with van der Waals surface area (Å²) in [5, 5.41) is 9.15. The topological polar surface area (TPSA) is 42.2 Å². The van der Waals surface area contributed by atoms with Gasteiger partial charge in [-0.05, 0) is 24.8 Å². The van der Waals surface area contributed by atoms with E-state index in [9.17, 15) is 0 Å². The van der Waals surface area contributed by atoms with Gasteiger partial charge in [0.15, 0.2) is 0 Å². The lowest BCUT2D eigenvalue weighted by Gasteiger charge is -2.10. The fourth-order valence-corrected chi connectivity index (χ4v) is 2.15. The van der Waals surface area contributed by atoms with Crippen LogP contribution in [0.2, 0.25) is 0 Å². The van der Waals surface area contributed by atoms with E-state index in [1.54, 1.807) is 11.8 Å². The van der Waals surface area contributed by atoms with E-state index in [2.05, 4.69) is 13.0 Å². The van der Waals surface area contributed by atoms with Crippen molar-refractivity contribution in [1.82, 2.24) is 0 Å². The van der Waals surface area contributed by atoms with Crippen LogP contribution in [0.1, 0.15) is 19.4 Å². The van der Waals surface area contributed by atoms with E-state index in [4.69, 9.17) is 14.7 Å². The molecule has 0 aliphatic heterocycles. The van der Waals surface area contributed by atoms with Crippen molar-refractivity contribution >= 4 is 11.8 Å². The Balaban J connectivity index is 2.70. The van der Waals surface area contributed by atoms with E-state index >= 15 is 0 Å². The van der Waals surface area contributed by atoms with Crippen molar-refractivity contribution in [2.45, 2.75) is 18.7 Å². The molecule has 0 amide bonds. The molecule has 0 N–H and O–H groups in total. The van der Waals surface area contributed by atoms with Crippen LogP contribution in [0.25, 0.3) is 0 Å². The predicted octanol–water partition coefficient (Wildman–Crippen LogP) is 3.09. The van der Waals surface area contributed by atoms with E-state index in [1.807, 2.05) is 25.1 Å². The lowest BCUT2D eigenvalue weighted by atomic mass is 10.2. The Morgan fingerprint density at radius 1 is 1.29 bits per heavy atom. The highest BCUT2D eigenvalue weighted by molar-refractivity contribution is 7.99. The third-order valence-corrected chi connectivity index (χ3v) is 3.03. The molecule has 0 fully saturated rings. The van der Waals surface area contributed by atoms with E-state index in [0.717, 1.165) is 10.6 Å². The summed E-state index contributed by atoms with van der Waals surface area (Å²) < 4.78 is 10.7. The van der Waals surface area contributed by atoms with Gasteiger partial charge < -0.3 is 9.47 Å². The molecule has 0 atom stereocenters. The van der Waals surface area contributed by atoms with Gasteiger partial charge in [0.25, 0.3) is 0 Å². The quantitative estimate of drug-likeness (QED) is 0.551. The molecule has 0 aliphatic carbocycles. The van der Waals surface area contributed by atoms with Crippen LogP contribution in [-0.2, 0) is 4.74 Å². The van der Waals surface area contributed by atoms with Crippen molar-refractivity contribution < 1.29 is 9.47 Å². The summed E-state index contributed by atoms with van der Waals surface area (Å²) in [6.45, 7) is 5.71. The van der Waals surface area contributed by atoms with Crippen LogP contribution in [0, 0.1) is 11.3 Å². The van der Waals surface area contributed by atoms with Gasteiger partial charge in [-0.2, -0.15) is 5.26 Å². The molecule has 92 valence electrons. The first-order chi connectivity index (χ1) is 8.33. The van der Waals surface area contributed by atoms with Crippen LogP contribution in [0.15, 0.2) is 23.1 Å². The molecule has 0 saturated heterocycles. The van der Waals surface area contributed by atoms with Gasteiger partial charge in [-0.1, -0.05) is 13.0 Å². The summed E-state index contributed by atoms with van der Waals surface area (Å²) in [7, 11) is 0. The maximum atomic E-state index is 9.15. The van der Waals surface area contributed by atoms with Gasteiger partial charge in [0.05, 0.1) is 6.61 Å². The summed E-state index contributed by atoms with van der Waals surface area (Å²) in [6.07, 6.45) is 0. The van der Waals surface area contributed by atoms with Crippen molar-refractivity contribution in [2.75, 3.05) is 25.6 Å². The molecule has 4 heteroatoms. The molecule has 0 aliphatic rings. The number of thioether (sulfide) groups is 1. The van der Waals surface area contributed by atoms with Crippen LogP contribution in [0.5, 0.6) is 5.75 Å². The minimum absolute atomic E-state index is 0.475. The Morgan fingerprint density at radius 2 is 2.12 bits per heavy atom. The maximum absolute atomic E-state index is 9.15. The Kier molecular flexibility index (Phi) is 6.53. The maximum Gasteiger partial charge on any atom is 0.138 e. The zero-order valence-corrected chi connectivity index (χ0v) is 11.0. The average molecular weight is 251 g/mol. The molecule has 0 aromatic heterocycles. The van der Waals surface area contributed by atoms with Gasteiger partial charge in [0, 0.05) is 11.5 Å². The highest BCUT2D eigenvalue weighted by Crippen LogP contribution is 2.29. The fourth-order valence-electron chi connectivity index (χ4n) is 1.37. The predicted molar refractivity (Wildman–Crippen MR) is 69.5 cm³/mol. The van der Waals surface area contributed by atoms with E-state index in [0.29, 0.717) is 31.1 Å². The monoisotopic (exact) mass is 251 g/mol. The smallest absolute Gasteiger partial charge is 0.138 e. The summed E-state index contributed by atoms with van der Waals surface area (Å²) in [6, 6.07) is 7.88. The fraction of sp³-hybridized carbons (Fsp3) is 0.462. The van der Waals surface area contributed by atoms with Crippen molar-refractivity contribution in [3.8, 4) is 11.8 Å². The molecular formula is C13H17NO2S. The number of hydrogen-bond acceptors (Lipinski definition) is 4. The second kappa shape index (κ2) is 7.99. The first-order valence-electron chi connectivity index (χ1n) is 5.69. The third-order valence-electron chi connectivity index (χ3n) is 2.09. The van der Waals surface area contributed by atoms with Crippen molar-refractivity contribution in [3.05, 3.63) is 23.8 Å². The number of hydrogen-bond donors (Lipinski definition) is 0. The Hall–Kier alpha value is -1.18. The Morgan fingerprint density at radius 3 is 2.76 bits per heavy atom. The van der Waals surface area contributed by atoms with Gasteiger partial charge in [-0.25, -0.2) is 0 Å². The lowest BCUT2D eigenvalue weighted by Crippen LogP contribution is -2.07. The minimum atomic E-state index is 0.475. The van der Waals surface area contributed by atoms with Crippen molar-refractivity contribution in [2.24, 2.45) is 0 Å². The molecule has 1 aromatic carbocycles. The largest absolute Gasteiger partial charge is 0.490 e. The van der Waals surface area contributed by atoms with Gasteiger partial charge in [-0.3, -0.25) is 0 Å². The molecule has 3 nitrogen and oxygen atoms in total. The highest BCUT2D eigenvalue weighted by atomic mass is 32.2. The lowest BCUT2D eigenvalue weighted by molar-refractivity contribution is 0.110. The number of nitrogens with zero attached hydrogens (tertiary/aromatic N) is 1. The zero-order valence-electron chi connectivity index (χ0n) is 10.2. The molecule has 0 heterocycles. The van der Waals surface area contributed by atoms with Gasteiger partial charge in [0.1, 0.15) is 24.0 Å². The van der Waals surface area contributed by atoms with Crippen LogP contribution >= 0.6 is 11.8 Å². The molecular weight excluding hydrogens is 234 g/mol. The molecule has 0 bridgehead atoms. The van der Waals surface area contributed by atoms with Gasteiger partial charge in [0.2, 0.25) is 0 Å². The summed E-state index contributed by atoms with van der Waals surface area (Å²) in [5.74, 6) is 1.59. The summed E-state index contributed by atoms with van der Waals surface area (Å²) in [5.41, 5.74) is 0.621. The summed E-state index contributed by atoms with van der Waals surface area (Å²) >= 11 is 1.65. The van der Waals surface area contributed by atoms with E-state index in [-0.39, 0.29) is 0 Å². The van der Waals surface area contributed by atoms with Crippen molar-refractivity contribution in [1.29, 1.82) is 5.26 Å². The Bertz CT molecular complexity index is 387. The minimum Gasteiger partial charge on any atom is -0.490 e. The third kappa shape index (κ3) is 4.29. The second-order valence-corrected chi connectivity index (χ2v) is 4.53. The van der Waals surface area contributed by atoms with E-state index in [1.165, 1.54) is 0 Å². The Labute approximate surface area is 107 Å². The first kappa shape index (κ1) is 13.9. The number of ether oxygens (including phenoxy) is 2. The molecule has 0 radical (unpaired) electrons. The number of rotatable bonds is 7. The second-order valence-electron chi connectivity index (χ2n) is 3.22. The summed E-state index contributed by atoms with van der Waals surface area (Å²) in [4.78, 5) is 0.976. The highest BCUT2D eigenvalue weighted by Gasteiger charge is 2.08. The molecule has 0 unspecified atom stereocenters. The molecule has 1 aromatic rings. The molecule has 1 rings (SSSR count). The molecule has 17 heavy (non-hydrogen) atoms. The van der Waals surface area contributed by atoms with Crippen LogP contribution in [0.3, 0.4) is 0 Å². The standard InChI is InChI=1S/C13H17NO2S/c1-3-15-8-9-16-12-6-5-7-13(17-4-2)11(12)10-14/h5-7H,3-4,8-9H2,1-2H3.